The SMILES string of the molecule is COc1cccc(COC(=O)c2cccc(OC)c2)c1. The van der Waals surface area contributed by atoms with Crippen LogP contribution in [0.25, 0.3) is 0 Å². The summed E-state index contributed by atoms with van der Waals surface area (Å²) in [5, 5.41) is 0. The highest BCUT2D eigenvalue weighted by Gasteiger charge is 2.08. The summed E-state index contributed by atoms with van der Waals surface area (Å²) in [5.41, 5.74) is 1.34. The highest BCUT2D eigenvalue weighted by atomic mass is 16.5. The van der Waals surface area contributed by atoms with Gasteiger partial charge in [0.2, 0.25) is 0 Å². The van der Waals surface area contributed by atoms with Crippen molar-refractivity contribution in [3.8, 4) is 11.5 Å². The van der Waals surface area contributed by atoms with Crippen LogP contribution in [0.1, 0.15) is 15.9 Å². The number of carbonyl (C=O) groups is 1. The topological polar surface area (TPSA) is 44.8 Å². The van der Waals surface area contributed by atoms with Gasteiger partial charge in [0.15, 0.2) is 0 Å². The monoisotopic (exact) mass is 272 g/mol. The van der Waals surface area contributed by atoms with Crippen LogP contribution < -0.4 is 9.47 Å². The fourth-order valence-corrected chi connectivity index (χ4v) is 1.74. The minimum Gasteiger partial charge on any atom is -0.497 e. The van der Waals surface area contributed by atoms with Gasteiger partial charge in [-0.25, -0.2) is 4.79 Å². The van der Waals surface area contributed by atoms with Crippen molar-refractivity contribution in [2.75, 3.05) is 14.2 Å². The van der Waals surface area contributed by atoms with E-state index in [9.17, 15) is 4.79 Å². The predicted octanol–water partition coefficient (Wildman–Crippen LogP) is 3.06. The Morgan fingerprint density at radius 3 is 2.30 bits per heavy atom. The number of benzene rings is 2. The van der Waals surface area contributed by atoms with Crippen molar-refractivity contribution >= 4 is 5.97 Å². The third kappa shape index (κ3) is 3.51. The summed E-state index contributed by atoms with van der Waals surface area (Å²) in [7, 11) is 3.15. The number of rotatable bonds is 5. The smallest absolute Gasteiger partial charge is 0.338 e. The van der Waals surface area contributed by atoms with E-state index in [0.717, 1.165) is 11.3 Å². The molecule has 0 spiro atoms. The van der Waals surface area contributed by atoms with Crippen LogP contribution in [-0.2, 0) is 11.3 Å². The minimum absolute atomic E-state index is 0.202. The Hall–Kier alpha value is -2.49. The second kappa shape index (κ2) is 6.61. The number of ether oxygens (including phenoxy) is 3. The molecule has 0 fully saturated rings. The zero-order valence-electron chi connectivity index (χ0n) is 11.5. The highest BCUT2D eigenvalue weighted by molar-refractivity contribution is 5.89. The Bertz CT molecular complexity index is 593. The van der Waals surface area contributed by atoms with Crippen molar-refractivity contribution in [3.63, 3.8) is 0 Å². The lowest BCUT2D eigenvalue weighted by atomic mass is 10.2. The number of methoxy groups -OCH3 is 2. The molecule has 2 aromatic rings. The number of esters is 1. The normalized spacial score (nSPS) is 9.90. The highest BCUT2D eigenvalue weighted by Crippen LogP contribution is 2.16. The molecule has 104 valence electrons. The Kier molecular flexibility index (Phi) is 4.60. The van der Waals surface area contributed by atoms with Crippen molar-refractivity contribution in [1.82, 2.24) is 0 Å². The minimum atomic E-state index is -0.383. The summed E-state index contributed by atoms with van der Waals surface area (Å²) in [6.45, 7) is 0.202. The summed E-state index contributed by atoms with van der Waals surface area (Å²) in [4.78, 5) is 11.9. The second-order valence-corrected chi connectivity index (χ2v) is 4.16. The molecule has 0 aliphatic heterocycles. The largest absolute Gasteiger partial charge is 0.497 e. The molecule has 0 aliphatic rings. The van der Waals surface area contributed by atoms with Gasteiger partial charge in [0.1, 0.15) is 18.1 Å². The average Bonchev–Trinajstić information content (AvgIpc) is 2.52. The van der Waals surface area contributed by atoms with Gasteiger partial charge in [-0.05, 0) is 35.9 Å². The number of hydrogen-bond acceptors (Lipinski definition) is 4. The van der Waals surface area contributed by atoms with Crippen molar-refractivity contribution in [3.05, 3.63) is 59.7 Å². The molecule has 0 bridgehead atoms. The predicted molar refractivity (Wildman–Crippen MR) is 75.1 cm³/mol. The van der Waals surface area contributed by atoms with Crippen LogP contribution in [0.2, 0.25) is 0 Å². The molecule has 0 unspecified atom stereocenters. The zero-order valence-corrected chi connectivity index (χ0v) is 11.5. The molecule has 0 N–H and O–H groups in total. The average molecular weight is 272 g/mol. The third-order valence-corrected chi connectivity index (χ3v) is 2.81. The molecular formula is C16H16O4. The van der Waals surface area contributed by atoms with Gasteiger partial charge >= 0.3 is 5.97 Å². The molecule has 2 rings (SSSR count). The molecule has 4 heteroatoms. The summed E-state index contributed by atoms with van der Waals surface area (Å²) in [5.74, 6) is 0.979. The fourth-order valence-electron chi connectivity index (χ4n) is 1.74. The van der Waals surface area contributed by atoms with E-state index in [1.54, 1.807) is 38.5 Å². The molecule has 0 amide bonds. The van der Waals surface area contributed by atoms with E-state index < -0.39 is 0 Å². The van der Waals surface area contributed by atoms with Crippen LogP contribution in [-0.4, -0.2) is 20.2 Å². The first kappa shape index (κ1) is 13.9. The molecule has 0 saturated carbocycles. The lowest BCUT2D eigenvalue weighted by molar-refractivity contribution is 0.0472. The first-order valence-corrected chi connectivity index (χ1v) is 6.17. The van der Waals surface area contributed by atoms with Gasteiger partial charge in [-0.2, -0.15) is 0 Å². The van der Waals surface area contributed by atoms with Crippen molar-refractivity contribution in [2.45, 2.75) is 6.61 Å². The molecule has 0 heterocycles. The standard InChI is InChI=1S/C16H16O4/c1-18-14-7-3-5-12(9-14)11-20-16(17)13-6-4-8-15(10-13)19-2/h3-10H,11H2,1-2H3. The first-order valence-electron chi connectivity index (χ1n) is 6.17. The van der Waals surface area contributed by atoms with Crippen molar-refractivity contribution in [2.24, 2.45) is 0 Å². The van der Waals surface area contributed by atoms with E-state index in [2.05, 4.69) is 0 Å². The molecule has 2 aromatic carbocycles. The molecule has 0 aromatic heterocycles. The van der Waals surface area contributed by atoms with Crippen LogP contribution in [0.5, 0.6) is 11.5 Å². The number of carbonyl (C=O) groups excluding carboxylic acids is 1. The van der Waals surface area contributed by atoms with Gasteiger partial charge < -0.3 is 14.2 Å². The lowest BCUT2D eigenvalue weighted by Gasteiger charge is -2.07. The quantitative estimate of drug-likeness (QED) is 0.785. The van der Waals surface area contributed by atoms with E-state index in [1.165, 1.54) is 0 Å². The molecule has 0 saturated heterocycles. The van der Waals surface area contributed by atoms with Crippen molar-refractivity contribution in [1.29, 1.82) is 0 Å². The molecular weight excluding hydrogens is 256 g/mol. The molecule has 20 heavy (non-hydrogen) atoms. The summed E-state index contributed by atoms with van der Waals surface area (Å²) < 4.78 is 15.5. The Balaban J connectivity index is 2.00. The van der Waals surface area contributed by atoms with E-state index in [1.807, 2.05) is 24.3 Å². The van der Waals surface area contributed by atoms with E-state index >= 15 is 0 Å². The number of hydrogen-bond donors (Lipinski definition) is 0. The molecule has 4 nitrogen and oxygen atoms in total. The van der Waals surface area contributed by atoms with Gasteiger partial charge in [0.25, 0.3) is 0 Å². The Morgan fingerprint density at radius 2 is 1.60 bits per heavy atom. The van der Waals surface area contributed by atoms with Crippen LogP contribution >= 0.6 is 0 Å². The lowest BCUT2D eigenvalue weighted by Crippen LogP contribution is -2.05. The first-order chi connectivity index (χ1) is 9.72. The second-order valence-electron chi connectivity index (χ2n) is 4.16. The zero-order chi connectivity index (χ0) is 14.4. The van der Waals surface area contributed by atoms with Gasteiger partial charge in [-0.3, -0.25) is 0 Å². The molecule has 0 atom stereocenters. The van der Waals surface area contributed by atoms with E-state index in [4.69, 9.17) is 14.2 Å². The molecule has 0 aliphatic carbocycles. The van der Waals surface area contributed by atoms with Gasteiger partial charge in [-0.15, -0.1) is 0 Å². The summed E-state index contributed by atoms with van der Waals surface area (Å²) in [6.07, 6.45) is 0. The van der Waals surface area contributed by atoms with Gasteiger partial charge in [0.05, 0.1) is 19.8 Å². The van der Waals surface area contributed by atoms with E-state index in [-0.39, 0.29) is 12.6 Å². The fraction of sp³-hybridized carbons (Fsp3) is 0.188. The summed E-state index contributed by atoms with van der Waals surface area (Å²) in [6, 6.07) is 14.3. The van der Waals surface area contributed by atoms with Gasteiger partial charge in [-0.1, -0.05) is 18.2 Å². The van der Waals surface area contributed by atoms with Gasteiger partial charge in [0, 0.05) is 0 Å². The third-order valence-electron chi connectivity index (χ3n) is 2.81. The van der Waals surface area contributed by atoms with Crippen molar-refractivity contribution < 1.29 is 19.0 Å². The Morgan fingerprint density at radius 1 is 0.950 bits per heavy atom. The van der Waals surface area contributed by atoms with Crippen LogP contribution in [0.4, 0.5) is 0 Å². The van der Waals surface area contributed by atoms with Crippen LogP contribution in [0.15, 0.2) is 48.5 Å². The van der Waals surface area contributed by atoms with Crippen LogP contribution in [0, 0.1) is 0 Å². The summed E-state index contributed by atoms with van der Waals surface area (Å²) >= 11 is 0. The maximum atomic E-state index is 11.9. The Labute approximate surface area is 117 Å². The van der Waals surface area contributed by atoms with Crippen LogP contribution in [0.3, 0.4) is 0 Å². The molecule has 0 radical (unpaired) electrons. The maximum Gasteiger partial charge on any atom is 0.338 e. The van der Waals surface area contributed by atoms with E-state index in [0.29, 0.717) is 11.3 Å². The maximum absolute atomic E-state index is 11.9.